The zero-order valence-corrected chi connectivity index (χ0v) is 31.2. The van der Waals surface area contributed by atoms with E-state index in [4.69, 9.17) is 14.2 Å². The first-order valence-electron chi connectivity index (χ1n) is 19.0. The highest BCUT2D eigenvalue weighted by Gasteiger charge is 2.47. The van der Waals surface area contributed by atoms with Gasteiger partial charge in [0.2, 0.25) is 0 Å². The molecule has 4 N–H and O–H groups in total. The lowest BCUT2D eigenvalue weighted by Crippen LogP contribution is -2.46. The van der Waals surface area contributed by atoms with E-state index in [0.717, 1.165) is 32.0 Å². The SMILES string of the molecule is CCC(O)C(C)C1OC1CC(C)(O)/C=C/C=C(\C)C1OC(=O)CC(O)CCC(C)(O)C(OC(=O)N2CCCN(CC3CCC3)CC2)/C=C\C1C. The number of hydrogen-bond acceptors (Lipinski definition) is 10. The standard InChI is InChI=1S/C39H64N2O9/c1-7-31(43)28(4)36-32(48-36)24-38(5,46)17-9-11-26(2)35-27(3)14-15-33(39(6,47)18-16-30(42)23-34(44)50-35)49-37(45)41-20-10-19-40(21-22-41)25-29-12-8-13-29/h9,11,14-15,17,27-33,35-36,42-43,46-47H,7-8,10,12-13,16,18-25H2,1-6H3/b15-14-,17-9+,26-11+. The molecule has 2 saturated heterocycles. The molecule has 0 spiro atoms. The van der Waals surface area contributed by atoms with Gasteiger partial charge in [0.1, 0.15) is 11.7 Å². The van der Waals surface area contributed by atoms with Crippen molar-refractivity contribution in [2.24, 2.45) is 17.8 Å². The molecule has 11 nitrogen and oxygen atoms in total. The van der Waals surface area contributed by atoms with Crippen LogP contribution in [0.2, 0.25) is 0 Å². The zero-order valence-electron chi connectivity index (χ0n) is 31.2. The van der Waals surface area contributed by atoms with Crippen LogP contribution in [-0.4, -0.2) is 123 Å². The van der Waals surface area contributed by atoms with Crippen molar-refractivity contribution in [2.75, 3.05) is 32.7 Å². The molecule has 10 atom stereocenters. The van der Waals surface area contributed by atoms with Gasteiger partial charge in [-0.3, -0.25) is 4.79 Å². The maximum Gasteiger partial charge on any atom is 0.410 e. The van der Waals surface area contributed by atoms with Crippen molar-refractivity contribution in [2.45, 2.75) is 147 Å². The number of amides is 1. The van der Waals surface area contributed by atoms with Crippen LogP contribution in [0, 0.1) is 17.8 Å². The van der Waals surface area contributed by atoms with Crippen molar-refractivity contribution < 1.29 is 44.2 Å². The Labute approximate surface area is 299 Å². The number of aliphatic hydroxyl groups is 4. The first-order valence-corrected chi connectivity index (χ1v) is 19.0. The molecule has 0 aromatic carbocycles. The number of rotatable bonds is 11. The van der Waals surface area contributed by atoms with E-state index in [-0.39, 0.29) is 43.3 Å². The summed E-state index contributed by atoms with van der Waals surface area (Å²) in [5, 5.41) is 43.4. The average Bonchev–Trinajstić information content (AvgIpc) is 3.83. The molecule has 50 heavy (non-hydrogen) atoms. The van der Waals surface area contributed by atoms with Crippen molar-refractivity contribution in [1.82, 2.24) is 9.80 Å². The van der Waals surface area contributed by atoms with Crippen molar-refractivity contribution in [3.8, 4) is 0 Å². The number of esters is 1. The van der Waals surface area contributed by atoms with Gasteiger partial charge >= 0.3 is 12.1 Å². The largest absolute Gasteiger partial charge is 0.457 e. The summed E-state index contributed by atoms with van der Waals surface area (Å²) in [7, 11) is 0. The van der Waals surface area contributed by atoms with Crippen molar-refractivity contribution in [3.63, 3.8) is 0 Å². The maximum atomic E-state index is 13.5. The summed E-state index contributed by atoms with van der Waals surface area (Å²) in [6.07, 6.45) is 10.6. The molecular formula is C39H64N2O9. The fraction of sp³-hybridized carbons (Fsp3) is 0.795. The second kappa shape index (κ2) is 18.0. The van der Waals surface area contributed by atoms with Crippen LogP contribution in [0.25, 0.3) is 0 Å². The quantitative estimate of drug-likeness (QED) is 0.105. The topological polar surface area (TPSA) is 153 Å². The summed E-state index contributed by atoms with van der Waals surface area (Å²) in [5.41, 5.74) is -1.93. The van der Waals surface area contributed by atoms with Crippen LogP contribution in [0.4, 0.5) is 4.79 Å². The Hall–Kier alpha value is -2.28. The number of ether oxygens (including phenoxy) is 3. The van der Waals surface area contributed by atoms with Crippen LogP contribution in [0.3, 0.4) is 0 Å². The molecule has 0 radical (unpaired) electrons. The Balaban J connectivity index is 1.43. The number of epoxide rings is 1. The summed E-state index contributed by atoms with van der Waals surface area (Å²) < 4.78 is 17.6. The van der Waals surface area contributed by atoms with Crippen LogP contribution < -0.4 is 0 Å². The van der Waals surface area contributed by atoms with E-state index >= 15 is 0 Å². The van der Waals surface area contributed by atoms with Crippen LogP contribution in [0.15, 0.2) is 36.0 Å². The van der Waals surface area contributed by atoms with Gasteiger partial charge in [-0.05, 0) is 83.4 Å². The third-order valence-corrected chi connectivity index (χ3v) is 11.2. The van der Waals surface area contributed by atoms with Crippen LogP contribution in [0.5, 0.6) is 0 Å². The molecule has 4 rings (SSSR count). The van der Waals surface area contributed by atoms with Gasteiger partial charge in [-0.2, -0.15) is 0 Å². The minimum absolute atomic E-state index is 0.0100. The van der Waals surface area contributed by atoms with E-state index in [0.29, 0.717) is 31.5 Å². The molecule has 0 bridgehead atoms. The molecule has 3 heterocycles. The minimum atomic E-state index is -1.48. The van der Waals surface area contributed by atoms with Crippen LogP contribution in [0.1, 0.15) is 99.3 Å². The second-order valence-corrected chi connectivity index (χ2v) is 16.0. The Kier molecular flexibility index (Phi) is 14.6. The number of hydrogen-bond donors (Lipinski definition) is 4. The van der Waals surface area contributed by atoms with Crippen LogP contribution >= 0.6 is 0 Å². The average molecular weight is 705 g/mol. The molecule has 0 aromatic rings. The molecule has 1 aliphatic carbocycles. The Bertz CT molecular complexity index is 1210. The van der Waals surface area contributed by atoms with Gasteiger partial charge in [0.25, 0.3) is 0 Å². The van der Waals surface area contributed by atoms with Gasteiger partial charge < -0.3 is 44.4 Å². The number of allylic oxidation sites excluding steroid dienone is 2. The number of carbonyl (C=O) groups is 2. The third-order valence-electron chi connectivity index (χ3n) is 11.2. The van der Waals surface area contributed by atoms with Gasteiger partial charge in [-0.15, -0.1) is 0 Å². The summed E-state index contributed by atoms with van der Waals surface area (Å²) >= 11 is 0. The molecule has 0 aromatic heterocycles. The van der Waals surface area contributed by atoms with Gasteiger partial charge in [-0.25, -0.2) is 4.79 Å². The Morgan fingerprint density at radius 1 is 1.18 bits per heavy atom. The monoisotopic (exact) mass is 704 g/mol. The predicted octanol–water partition coefficient (Wildman–Crippen LogP) is 4.52. The first-order chi connectivity index (χ1) is 23.6. The predicted molar refractivity (Wildman–Crippen MR) is 191 cm³/mol. The molecule has 4 aliphatic rings. The molecule has 3 aliphatic heterocycles. The van der Waals surface area contributed by atoms with Crippen LogP contribution in [-0.2, 0) is 19.0 Å². The van der Waals surface area contributed by atoms with Gasteiger partial charge in [-0.1, -0.05) is 51.5 Å². The summed E-state index contributed by atoms with van der Waals surface area (Å²) in [5.74, 6) is -0.171. The van der Waals surface area contributed by atoms with Crippen molar-refractivity contribution in [3.05, 3.63) is 36.0 Å². The molecule has 10 unspecified atom stereocenters. The number of aliphatic hydroxyl groups excluding tert-OH is 2. The van der Waals surface area contributed by atoms with E-state index in [9.17, 15) is 30.0 Å². The number of carbonyl (C=O) groups excluding carboxylic acids is 2. The molecule has 284 valence electrons. The lowest BCUT2D eigenvalue weighted by atomic mass is 9.85. The minimum Gasteiger partial charge on any atom is -0.457 e. The van der Waals surface area contributed by atoms with E-state index < -0.39 is 47.7 Å². The number of cyclic esters (lactones) is 1. The summed E-state index contributed by atoms with van der Waals surface area (Å²) in [6, 6.07) is 0. The van der Waals surface area contributed by atoms with Gasteiger partial charge in [0, 0.05) is 44.4 Å². The van der Waals surface area contributed by atoms with Crippen molar-refractivity contribution in [1.29, 1.82) is 0 Å². The molecule has 3 fully saturated rings. The Morgan fingerprint density at radius 3 is 2.60 bits per heavy atom. The normalized spacial score (nSPS) is 35.4. The second-order valence-electron chi connectivity index (χ2n) is 16.0. The lowest BCUT2D eigenvalue weighted by molar-refractivity contribution is -0.151. The Morgan fingerprint density at radius 2 is 1.92 bits per heavy atom. The molecule has 11 heteroatoms. The molecule has 1 amide bonds. The van der Waals surface area contributed by atoms with Gasteiger partial charge in [0.15, 0.2) is 6.10 Å². The summed E-state index contributed by atoms with van der Waals surface area (Å²) in [6.45, 7) is 14.9. The first kappa shape index (κ1) is 40.5. The van der Waals surface area contributed by atoms with E-state index in [1.807, 2.05) is 27.7 Å². The highest BCUT2D eigenvalue weighted by molar-refractivity contribution is 5.70. The maximum absolute atomic E-state index is 13.5. The summed E-state index contributed by atoms with van der Waals surface area (Å²) in [4.78, 5) is 30.5. The molecular weight excluding hydrogens is 640 g/mol. The lowest BCUT2D eigenvalue weighted by Gasteiger charge is -2.34. The van der Waals surface area contributed by atoms with Gasteiger partial charge in [0.05, 0.1) is 36.4 Å². The highest BCUT2D eigenvalue weighted by atomic mass is 16.6. The smallest absolute Gasteiger partial charge is 0.410 e. The third kappa shape index (κ3) is 11.9. The zero-order chi connectivity index (χ0) is 36.6. The number of nitrogens with zero attached hydrogens (tertiary/aromatic N) is 2. The van der Waals surface area contributed by atoms with E-state index in [1.54, 1.807) is 49.1 Å². The molecule has 1 saturated carbocycles. The fourth-order valence-corrected chi connectivity index (χ4v) is 7.36. The van der Waals surface area contributed by atoms with E-state index in [1.165, 1.54) is 19.3 Å². The highest BCUT2D eigenvalue weighted by Crippen LogP contribution is 2.37. The fourth-order valence-electron chi connectivity index (χ4n) is 7.36. The van der Waals surface area contributed by atoms with Crippen molar-refractivity contribution >= 4 is 12.1 Å². The van der Waals surface area contributed by atoms with E-state index in [2.05, 4.69) is 4.90 Å².